The van der Waals surface area contributed by atoms with Crippen LogP contribution < -0.4 is 5.32 Å². The summed E-state index contributed by atoms with van der Waals surface area (Å²) in [5.74, 6) is -0.577. The number of amides is 1. The Bertz CT molecular complexity index is 992. The molecule has 3 aromatic rings. The topological polar surface area (TPSA) is 72.7 Å². The second-order valence-corrected chi connectivity index (χ2v) is 7.13. The minimum atomic E-state index is -0.486. The molecule has 0 spiro atoms. The van der Waals surface area contributed by atoms with E-state index in [2.05, 4.69) is 20.4 Å². The smallest absolute Gasteiger partial charge is 0.238 e. The zero-order valence-corrected chi connectivity index (χ0v) is 14.2. The quantitative estimate of drug-likeness (QED) is 0.762. The van der Waals surface area contributed by atoms with Crippen molar-refractivity contribution in [3.8, 4) is 0 Å². The van der Waals surface area contributed by atoms with Gasteiger partial charge in [-0.1, -0.05) is 24.4 Å². The van der Waals surface area contributed by atoms with E-state index >= 15 is 0 Å². The van der Waals surface area contributed by atoms with Gasteiger partial charge in [-0.05, 0) is 36.6 Å². The highest BCUT2D eigenvalue weighted by atomic mass is 35.5. The van der Waals surface area contributed by atoms with Crippen molar-refractivity contribution in [1.29, 1.82) is 0 Å². The van der Waals surface area contributed by atoms with E-state index in [1.807, 2.05) is 23.0 Å². The number of anilines is 1. The number of halogens is 1. The van der Waals surface area contributed by atoms with Crippen molar-refractivity contribution >= 4 is 34.2 Å². The number of carbonyl (C=O) groups excluding carboxylic acids is 1. The van der Waals surface area contributed by atoms with Gasteiger partial charge in [0.15, 0.2) is 5.65 Å². The molecular formula is C18H16ClN5O. The Morgan fingerprint density at radius 2 is 2.04 bits per heavy atom. The number of aromatic nitrogens is 4. The number of hydrogen-bond donors (Lipinski definition) is 1. The Hall–Kier alpha value is -2.47. The fraction of sp³-hybridized carbons (Fsp3) is 0.333. The molecule has 1 unspecified atom stereocenters. The van der Waals surface area contributed by atoms with E-state index in [0.29, 0.717) is 22.4 Å². The van der Waals surface area contributed by atoms with Gasteiger partial charge in [-0.2, -0.15) is 5.10 Å². The molecule has 0 bridgehead atoms. The molecule has 1 saturated carbocycles. The largest absolute Gasteiger partial charge is 0.325 e. The van der Waals surface area contributed by atoms with E-state index in [1.54, 1.807) is 6.07 Å². The van der Waals surface area contributed by atoms with Crippen LogP contribution in [0.2, 0.25) is 5.02 Å². The molecule has 2 aromatic heterocycles. The van der Waals surface area contributed by atoms with Crippen molar-refractivity contribution in [3.05, 3.63) is 47.0 Å². The van der Waals surface area contributed by atoms with Crippen LogP contribution in [-0.4, -0.2) is 25.7 Å². The number of nitrogens with zero attached hydrogens (tertiary/aromatic N) is 4. The number of hydrogen-bond acceptors (Lipinski definition) is 4. The zero-order valence-electron chi connectivity index (χ0n) is 13.4. The molecule has 1 aromatic carbocycles. The Morgan fingerprint density at radius 3 is 2.88 bits per heavy atom. The van der Waals surface area contributed by atoms with Crippen LogP contribution in [0, 0.1) is 0 Å². The fourth-order valence-electron chi connectivity index (χ4n) is 3.96. The van der Waals surface area contributed by atoms with Gasteiger partial charge < -0.3 is 5.32 Å². The summed E-state index contributed by atoms with van der Waals surface area (Å²) in [6.07, 6.45) is 8.22. The van der Waals surface area contributed by atoms with Crippen LogP contribution >= 0.6 is 11.6 Å². The number of fused-ring (bicyclic) bond motifs is 2. The molecule has 1 aliphatic carbocycles. The summed E-state index contributed by atoms with van der Waals surface area (Å²) in [6, 6.07) is 5.85. The van der Waals surface area contributed by atoms with Gasteiger partial charge in [-0.25, -0.2) is 9.97 Å². The minimum Gasteiger partial charge on any atom is -0.325 e. The lowest BCUT2D eigenvalue weighted by Crippen LogP contribution is -2.14. The third-order valence-electron chi connectivity index (χ3n) is 5.18. The summed E-state index contributed by atoms with van der Waals surface area (Å²) >= 11 is 6.14. The van der Waals surface area contributed by atoms with Crippen LogP contribution in [0.15, 0.2) is 30.7 Å². The first-order valence-corrected chi connectivity index (χ1v) is 8.88. The maximum atomic E-state index is 12.6. The molecule has 0 radical (unpaired) electrons. The molecule has 3 heterocycles. The van der Waals surface area contributed by atoms with Crippen LogP contribution in [0.4, 0.5) is 5.69 Å². The van der Waals surface area contributed by atoms with Crippen LogP contribution in [0.25, 0.3) is 11.0 Å². The lowest BCUT2D eigenvalue weighted by molar-refractivity contribution is -0.116. The second kappa shape index (κ2) is 5.52. The highest BCUT2D eigenvalue weighted by Gasteiger charge is 2.35. The number of rotatable bonds is 2. The van der Waals surface area contributed by atoms with Gasteiger partial charge in [-0.15, -0.1) is 0 Å². The molecular weight excluding hydrogens is 338 g/mol. The number of nitrogens with one attached hydrogen (secondary N) is 1. The van der Waals surface area contributed by atoms with Crippen molar-refractivity contribution in [2.75, 3.05) is 5.32 Å². The van der Waals surface area contributed by atoms with Crippen molar-refractivity contribution in [3.63, 3.8) is 0 Å². The zero-order chi connectivity index (χ0) is 17.0. The monoisotopic (exact) mass is 353 g/mol. The first-order chi connectivity index (χ1) is 12.2. The fourth-order valence-corrected chi connectivity index (χ4v) is 4.14. The summed E-state index contributed by atoms with van der Waals surface area (Å²) in [5, 5.41) is 8.99. The van der Waals surface area contributed by atoms with Crippen molar-refractivity contribution < 1.29 is 4.79 Å². The van der Waals surface area contributed by atoms with E-state index < -0.39 is 5.92 Å². The van der Waals surface area contributed by atoms with Crippen LogP contribution in [0.5, 0.6) is 0 Å². The Morgan fingerprint density at radius 1 is 1.20 bits per heavy atom. The summed E-state index contributed by atoms with van der Waals surface area (Å²) in [7, 11) is 0. The van der Waals surface area contributed by atoms with Gasteiger partial charge in [0.05, 0.1) is 17.1 Å². The Labute approximate surface area is 149 Å². The van der Waals surface area contributed by atoms with Crippen LogP contribution in [0.1, 0.15) is 48.9 Å². The average Bonchev–Trinajstić information content (AvgIpc) is 3.31. The molecule has 1 aliphatic heterocycles. The third kappa shape index (κ3) is 2.32. The third-order valence-corrected chi connectivity index (χ3v) is 5.42. The summed E-state index contributed by atoms with van der Waals surface area (Å²) < 4.78 is 2.00. The molecule has 0 saturated heterocycles. The summed E-state index contributed by atoms with van der Waals surface area (Å²) in [6.45, 7) is 0. The van der Waals surface area contributed by atoms with Crippen LogP contribution in [0.3, 0.4) is 0 Å². The van der Waals surface area contributed by atoms with Gasteiger partial charge in [0.1, 0.15) is 12.2 Å². The molecule has 2 aliphatic rings. The normalized spacial score (nSPS) is 20.2. The van der Waals surface area contributed by atoms with E-state index in [-0.39, 0.29) is 5.91 Å². The molecule has 126 valence electrons. The Kier molecular flexibility index (Phi) is 3.28. The average molecular weight is 354 g/mol. The van der Waals surface area contributed by atoms with E-state index in [1.165, 1.54) is 19.2 Å². The SMILES string of the molecule is O=C1Nc2ccc(Cl)cc2C1c1ncnc2nn(C3CCCC3)cc12. The number of benzene rings is 1. The van der Waals surface area contributed by atoms with Crippen molar-refractivity contribution in [2.45, 2.75) is 37.6 Å². The van der Waals surface area contributed by atoms with Crippen molar-refractivity contribution in [1.82, 2.24) is 19.7 Å². The molecule has 6 nitrogen and oxygen atoms in total. The van der Waals surface area contributed by atoms with Gasteiger partial charge in [-0.3, -0.25) is 9.48 Å². The van der Waals surface area contributed by atoms with Crippen LogP contribution in [-0.2, 0) is 4.79 Å². The first kappa shape index (κ1) is 14.8. The predicted octanol–water partition coefficient (Wildman–Crippen LogP) is 3.68. The number of carbonyl (C=O) groups is 1. The molecule has 1 N–H and O–H groups in total. The molecule has 1 atom stereocenters. The molecule has 7 heteroatoms. The molecule has 1 fully saturated rings. The predicted molar refractivity (Wildman–Crippen MR) is 94.8 cm³/mol. The van der Waals surface area contributed by atoms with E-state index in [0.717, 1.165) is 29.5 Å². The molecule has 25 heavy (non-hydrogen) atoms. The maximum Gasteiger partial charge on any atom is 0.238 e. The van der Waals surface area contributed by atoms with E-state index in [9.17, 15) is 4.79 Å². The lowest BCUT2D eigenvalue weighted by atomic mass is 9.95. The first-order valence-electron chi connectivity index (χ1n) is 8.51. The minimum absolute atomic E-state index is 0.0918. The molecule has 1 amide bonds. The molecule has 5 rings (SSSR count). The van der Waals surface area contributed by atoms with E-state index in [4.69, 9.17) is 11.6 Å². The standard InChI is InChI=1S/C18H16ClN5O/c19-10-5-6-14-12(7-10)15(18(25)22-14)16-13-8-24(11-3-1-2-4-11)23-17(13)21-9-20-16/h5-9,11,15H,1-4H2,(H,22,25). The lowest BCUT2D eigenvalue weighted by Gasteiger charge is -2.09. The summed E-state index contributed by atoms with van der Waals surface area (Å²) in [5.41, 5.74) is 2.97. The second-order valence-electron chi connectivity index (χ2n) is 6.70. The summed E-state index contributed by atoms with van der Waals surface area (Å²) in [4.78, 5) is 21.4. The highest BCUT2D eigenvalue weighted by molar-refractivity contribution is 6.31. The maximum absolute atomic E-state index is 12.6. The van der Waals surface area contributed by atoms with Crippen molar-refractivity contribution in [2.24, 2.45) is 0 Å². The van der Waals surface area contributed by atoms with Gasteiger partial charge >= 0.3 is 0 Å². The van der Waals surface area contributed by atoms with Gasteiger partial charge in [0, 0.05) is 16.9 Å². The van der Waals surface area contributed by atoms with Gasteiger partial charge in [0.25, 0.3) is 0 Å². The Balaban J connectivity index is 1.66. The highest BCUT2D eigenvalue weighted by Crippen LogP contribution is 2.40. The van der Waals surface area contributed by atoms with Gasteiger partial charge in [0.2, 0.25) is 5.91 Å².